The minimum atomic E-state index is -0.327. The van der Waals surface area contributed by atoms with Gasteiger partial charge in [0.1, 0.15) is 5.75 Å². The van der Waals surface area contributed by atoms with Crippen LogP contribution in [0.25, 0.3) is 10.9 Å². The number of nitrogens with zero attached hydrogens (tertiary/aromatic N) is 1. The molecular weight excluding hydrogens is 439 g/mol. The van der Waals surface area contributed by atoms with Crippen LogP contribution in [0.4, 0.5) is 0 Å². The first-order valence-corrected chi connectivity index (χ1v) is 10.7. The van der Waals surface area contributed by atoms with E-state index in [0.717, 1.165) is 28.6 Å². The van der Waals surface area contributed by atoms with Crippen LogP contribution in [0.3, 0.4) is 0 Å². The van der Waals surface area contributed by atoms with Gasteiger partial charge in [-0.3, -0.25) is 9.78 Å². The summed E-state index contributed by atoms with van der Waals surface area (Å²) in [5, 5.41) is 4.71. The number of hydrogen-bond donors (Lipinski definition) is 1. The Morgan fingerprint density at radius 2 is 1.94 bits per heavy atom. The minimum absolute atomic E-state index is 0.232. The monoisotopic (exact) mass is 460 g/mol. The molecule has 0 unspecified atom stereocenters. The summed E-state index contributed by atoms with van der Waals surface area (Å²) >= 11 is 11.9. The van der Waals surface area contributed by atoms with Crippen molar-refractivity contribution < 1.29 is 19.0 Å². The lowest BCUT2D eigenvalue weighted by molar-refractivity contribution is -0.190. The van der Waals surface area contributed by atoms with E-state index in [1.807, 2.05) is 24.3 Å². The van der Waals surface area contributed by atoms with Gasteiger partial charge < -0.3 is 19.5 Å². The fourth-order valence-corrected chi connectivity index (χ4v) is 3.80. The molecule has 1 saturated heterocycles. The Balaban J connectivity index is 1.30. The van der Waals surface area contributed by atoms with Crippen molar-refractivity contribution in [3.63, 3.8) is 0 Å². The number of benzene rings is 2. The van der Waals surface area contributed by atoms with E-state index in [9.17, 15) is 4.79 Å². The molecule has 0 atom stereocenters. The van der Waals surface area contributed by atoms with Crippen molar-refractivity contribution in [1.82, 2.24) is 10.3 Å². The Morgan fingerprint density at radius 1 is 1.13 bits per heavy atom. The van der Waals surface area contributed by atoms with Crippen molar-refractivity contribution in [2.24, 2.45) is 0 Å². The number of rotatable bonds is 6. The van der Waals surface area contributed by atoms with Gasteiger partial charge in [-0.2, -0.15) is 0 Å². The summed E-state index contributed by atoms with van der Waals surface area (Å²) in [6.07, 6.45) is 2.95. The van der Waals surface area contributed by atoms with Crippen molar-refractivity contribution in [3.8, 4) is 5.75 Å². The SMILES string of the molecule is COc1ccc2nccc(CC[C@H]3OC[C@H](NC(=O)c4ccc(Cl)c(Cl)c4)CO3)c2c1. The van der Waals surface area contributed by atoms with Gasteiger partial charge in [-0.25, -0.2) is 0 Å². The third-order valence-corrected chi connectivity index (χ3v) is 5.91. The third kappa shape index (κ3) is 5.28. The van der Waals surface area contributed by atoms with Gasteiger partial charge in [0, 0.05) is 23.6 Å². The molecule has 1 aliphatic rings. The average molecular weight is 461 g/mol. The van der Waals surface area contributed by atoms with Crippen LogP contribution >= 0.6 is 23.2 Å². The van der Waals surface area contributed by atoms with Crippen LogP contribution in [-0.2, 0) is 15.9 Å². The summed E-state index contributed by atoms with van der Waals surface area (Å²) in [7, 11) is 1.65. The molecule has 162 valence electrons. The standard InChI is InChI=1S/C23H22Cl2N2O4/c1-29-17-4-6-21-18(11-17)14(8-9-26-21)3-7-22-30-12-16(13-31-22)27-23(28)15-2-5-19(24)20(25)10-15/h2,4-6,8-11,16,22H,3,7,12-13H2,1H3,(H,27,28)/t16-,22-. The second-order valence-electron chi connectivity index (χ2n) is 7.29. The number of nitrogens with one attached hydrogen (secondary N) is 1. The highest BCUT2D eigenvalue weighted by molar-refractivity contribution is 6.42. The molecule has 1 N–H and O–H groups in total. The Hall–Kier alpha value is -2.38. The Morgan fingerprint density at radius 3 is 2.68 bits per heavy atom. The largest absolute Gasteiger partial charge is 0.497 e. The summed E-state index contributed by atoms with van der Waals surface area (Å²) in [6.45, 7) is 0.755. The van der Waals surface area contributed by atoms with E-state index in [0.29, 0.717) is 35.2 Å². The van der Waals surface area contributed by atoms with Gasteiger partial charge in [-0.15, -0.1) is 0 Å². The van der Waals surface area contributed by atoms with Gasteiger partial charge in [-0.1, -0.05) is 23.2 Å². The maximum atomic E-state index is 12.4. The summed E-state index contributed by atoms with van der Waals surface area (Å²) in [6, 6.07) is 12.4. The average Bonchev–Trinajstić information content (AvgIpc) is 2.80. The number of carbonyl (C=O) groups excluding carboxylic acids is 1. The lowest BCUT2D eigenvalue weighted by Crippen LogP contribution is -2.47. The molecule has 1 aliphatic heterocycles. The van der Waals surface area contributed by atoms with Crippen LogP contribution in [0.15, 0.2) is 48.7 Å². The normalized spacial score (nSPS) is 18.7. The Bertz CT molecular complexity index is 1080. The molecule has 2 aromatic carbocycles. The van der Waals surface area contributed by atoms with Gasteiger partial charge in [-0.05, 0) is 54.4 Å². The fraction of sp³-hybridized carbons (Fsp3) is 0.304. The number of hydrogen-bond acceptors (Lipinski definition) is 5. The molecule has 1 amide bonds. The third-order valence-electron chi connectivity index (χ3n) is 5.17. The molecule has 0 radical (unpaired) electrons. The number of halogens is 2. The van der Waals surface area contributed by atoms with E-state index in [1.54, 1.807) is 31.5 Å². The highest BCUT2D eigenvalue weighted by Crippen LogP contribution is 2.25. The molecule has 0 spiro atoms. The molecule has 8 heteroatoms. The molecule has 2 heterocycles. The number of aryl methyl sites for hydroxylation is 1. The summed E-state index contributed by atoms with van der Waals surface area (Å²) in [5.41, 5.74) is 2.52. The predicted molar refractivity (Wildman–Crippen MR) is 120 cm³/mol. The lowest BCUT2D eigenvalue weighted by Gasteiger charge is -2.30. The highest BCUT2D eigenvalue weighted by Gasteiger charge is 2.24. The maximum Gasteiger partial charge on any atom is 0.251 e. The molecule has 4 rings (SSSR count). The minimum Gasteiger partial charge on any atom is -0.497 e. The smallest absolute Gasteiger partial charge is 0.251 e. The van der Waals surface area contributed by atoms with Crippen molar-refractivity contribution in [3.05, 3.63) is 69.8 Å². The van der Waals surface area contributed by atoms with Crippen molar-refractivity contribution in [2.75, 3.05) is 20.3 Å². The van der Waals surface area contributed by atoms with Crippen molar-refractivity contribution in [1.29, 1.82) is 0 Å². The zero-order valence-electron chi connectivity index (χ0n) is 16.9. The van der Waals surface area contributed by atoms with E-state index < -0.39 is 0 Å². The number of ether oxygens (including phenoxy) is 3. The number of amides is 1. The fourth-order valence-electron chi connectivity index (χ4n) is 3.50. The highest BCUT2D eigenvalue weighted by atomic mass is 35.5. The van der Waals surface area contributed by atoms with Crippen LogP contribution in [0.1, 0.15) is 22.3 Å². The first-order valence-electron chi connectivity index (χ1n) is 9.94. The Kier molecular flexibility index (Phi) is 6.92. The second kappa shape index (κ2) is 9.83. The van der Waals surface area contributed by atoms with E-state index in [1.165, 1.54) is 0 Å². The van der Waals surface area contributed by atoms with Crippen LogP contribution in [0.5, 0.6) is 5.75 Å². The molecule has 1 fully saturated rings. The first-order chi connectivity index (χ1) is 15.0. The second-order valence-corrected chi connectivity index (χ2v) is 8.10. The van der Waals surface area contributed by atoms with Crippen molar-refractivity contribution in [2.45, 2.75) is 25.2 Å². The zero-order valence-corrected chi connectivity index (χ0v) is 18.4. The Labute approximate surface area is 190 Å². The quantitative estimate of drug-likeness (QED) is 0.579. The molecule has 3 aromatic rings. The van der Waals surface area contributed by atoms with Gasteiger partial charge in [0.2, 0.25) is 0 Å². The van der Waals surface area contributed by atoms with E-state index in [-0.39, 0.29) is 18.2 Å². The van der Waals surface area contributed by atoms with Crippen LogP contribution in [0, 0.1) is 0 Å². The molecule has 31 heavy (non-hydrogen) atoms. The van der Waals surface area contributed by atoms with Gasteiger partial charge in [0.25, 0.3) is 5.91 Å². The topological polar surface area (TPSA) is 69.7 Å². The van der Waals surface area contributed by atoms with Crippen LogP contribution < -0.4 is 10.1 Å². The molecule has 1 aromatic heterocycles. The number of methoxy groups -OCH3 is 1. The van der Waals surface area contributed by atoms with E-state index in [2.05, 4.69) is 10.3 Å². The maximum absolute atomic E-state index is 12.4. The zero-order chi connectivity index (χ0) is 21.8. The summed E-state index contributed by atoms with van der Waals surface area (Å²) < 4.78 is 17.0. The van der Waals surface area contributed by atoms with Crippen LogP contribution in [-0.4, -0.2) is 43.5 Å². The predicted octanol–water partition coefficient (Wildman–Crippen LogP) is 4.65. The van der Waals surface area contributed by atoms with Gasteiger partial charge >= 0.3 is 0 Å². The number of fused-ring (bicyclic) bond motifs is 1. The molecule has 0 bridgehead atoms. The van der Waals surface area contributed by atoms with Crippen molar-refractivity contribution >= 4 is 40.0 Å². The van der Waals surface area contributed by atoms with E-state index >= 15 is 0 Å². The van der Waals surface area contributed by atoms with Crippen LogP contribution in [0.2, 0.25) is 10.0 Å². The molecule has 0 saturated carbocycles. The molecule has 6 nitrogen and oxygen atoms in total. The molecule has 0 aliphatic carbocycles. The summed E-state index contributed by atoms with van der Waals surface area (Å²) in [5.74, 6) is 0.555. The van der Waals surface area contributed by atoms with E-state index in [4.69, 9.17) is 37.4 Å². The van der Waals surface area contributed by atoms with Gasteiger partial charge in [0.05, 0.1) is 41.9 Å². The summed E-state index contributed by atoms with van der Waals surface area (Å²) in [4.78, 5) is 16.8. The lowest BCUT2D eigenvalue weighted by atomic mass is 10.0. The number of aromatic nitrogens is 1. The number of carbonyl (C=O) groups is 1. The first kappa shape index (κ1) is 21.8. The van der Waals surface area contributed by atoms with Gasteiger partial charge in [0.15, 0.2) is 6.29 Å². The number of pyridine rings is 1. The molecular formula is C23H22Cl2N2O4.